The maximum atomic E-state index is 13.0. The van der Waals surface area contributed by atoms with E-state index in [0.717, 1.165) is 22.3 Å². The highest BCUT2D eigenvalue weighted by atomic mass is 16.6. The molecule has 3 N–H and O–H groups in total. The normalized spacial score (nSPS) is 18.3. The molecule has 1 fully saturated rings. The van der Waals surface area contributed by atoms with Crippen molar-refractivity contribution in [1.29, 1.82) is 0 Å². The quantitative estimate of drug-likeness (QED) is 0.382. The predicted molar refractivity (Wildman–Crippen MR) is 130 cm³/mol. The summed E-state index contributed by atoms with van der Waals surface area (Å²) in [6.45, 7) is 4.74. The van der Waals surface area contributed by atoms with Crippen LogP contribution in [0.2, 0.25) is 0 Å². The number of carboxylic acids is 1. The Balaban J connectivity index is 1.52. The first-order chi connectivity index (χ1) is 17.5. The maximum Gasteiger partial charge on any atom is 0.407 e. The summed E-state index contributed by atoms with van der Waals surface area (Å²) in [4.78, 5) is 61.4. The number of amides is 3. The van der Waals surface area contributed by atoms with Crippen molar-refractivity contribution in [2.75, 3.05) is 6.61 Å². The van der Waals surface area contributed by atoms with Crippen LogP contribution in [0.5, 0.6) is 0 Å². The van der Waals surface area contributed by atoms with Crippen molar-refractivity contribution in [2.45, 2.75) is 45.3 Å². The molecule has 2 unspecified atom stereocenters. The maximum absolute atomic E-state index is 13.0. The van der Waals surface area contributed by atoms with Gasteiger partial charge in [-0.05, 0) is 27.7 Å². The molecule has 4 rings (SSSR count). The van der Waals surface area contributed by atoms with Gasteiger partial charge in [0.25, 0.3) is 5.91 Å². The lowest BCUT2D eigenvalue weighted by Crippen LogP contribution is -2.54. The molecule has 0 saturated carbocycles. The molecule has 2 aliphatic rings. The molecule has 37 heavy (non-hydrogen) atoms. The number of rotatable bonds is 7. The van der Waals surface area contributed by atoms with Crippen molar-refractivity contribution in [3.8, 4) is 11.1 Å². The lowest BCUT2D eigenvalue weighted by molar-refractivity contribution is -0.163. The molecule has 2 aromatic carbocycles. The first kappa shape index (κ1) is 25.9. The van der Waals surface area contributed by atoms with Crippen LogP contribution in [0.4, 0.5) is 4.79 Å². The minimum absolute atomic E-state index is 0.0472. The van der Waals surface area contributed by atoms with Gasteiger partial charge in [0.1, 0.15) is 12.6 Å². The van der Waals surface area contributed by atoms with E-state index in [4.69, 9.17) is 9.47 Å². The lowest BCUT2D eigenvalue weighted by atomic mass is 9.76. The van der Waals surface area contributed by atoms with E-state index in [0.29, 0.717) is 0 Å². The van der Waals surface area contributed by atoms with Gasteiger partial charge in [0.05, 0.1) is 12.3 Å². The van der Waals surface area contributed by atoms with Crippen molar-refractivity contribution in [3.63, 3.8) is 0 Å². The third kappa shape index (κ3) is 5.32. The molecule has 10 heteroatoms. The topological polar surface area (TPSA) is 148 Å². The fraction of sp³-hybridized carbons (Fsp3) is 0.370. The van der Waals surface area contributed by atoms with Crippen molar-refractivity contribution >= 4 is 29.8 Å². The molecule has 1 aliphatic heterocycles. The van der Waals surface area contributed by atoms with Crippen molar-refractivity contribution in [2.24, 2.45) is 11.3 Å². The summed E-state index contributed by atoms with van der Waals surface area (Å²) in [6.07, 6.45) is -2.79. The molecular formula is C27H28N2O8. The number of carbonyl (C=O) groups is 5. The summed E-state index contributed by atoms with van der Waals surface area (Å²) in [5, 5.41) is 14.2. The van der Waals surface area contributed by atoms with Gasteiger partial charge in [0.2, 0.25) is 5.91 Å². The molecule has 0 radical (unpaired) electrons. The van der Waals surface area contributed by atoms with Crippen LogP contribution in [0.25, 0.3) is 11.1 Å². The van der Waals surface area contributed by atoms with E-state index in [1.165, 1.54) is 0 Å². The van der Waals surface area contributed by atoms with Gasteiger partial charge < -0.3 is 19.9 Å². The first-order valence-corrected chi connectivity index (χ1v) is 11.9. The number of hydrogen-bond acceptors (Lipinski definition) is 7. The molecule has 3 amide bonds. The number of esters is 1. The van der Waals surface area contributed by atoms with Gasteiger partial charge in [-0.2, -0.15) is 0 Å². The molecule has 0 aromatic heterocycles. The van der Waals surface area contributed by atoms with Crippen LogP contribution < -0.4 is 10.6 Å². The summed E-state index contributed by atoms with van der Waals surface area (Å²) in [6, 6.07) is 13.9. The molecule has 0 bridgehead atoms. The summed E-state index contributed by atoms with van der Waals surface area (Å²) >= 11 is 0. The number of imide groups is 1. The number of benzene rings is 2. The minimum atomic E-state index is -1.67. The summed E-state index contributed by atoms with van der Waals surface area (Å²) in [7, 11) is 0. The zero-order valence-electron chi connectivity index (χ0n) is 20.6. The predicted octanol–water partition coefficient (Wildman–Crippen LogP) is 2.60. The largest absolute Gasteiger partial charge is 0.481 e. The van der Waals surface area contributed by atoms with Crippen LogP contribution in [-0.2, 0) is 28.7 Å². The Morgan fingerprint density at radius 3 is 2.08 bits per heavy atom. The van der Waals surface area contributed by atoms with E-state index >= 15 is 0 Å². The second-order valence-electron chi connectivity index (χ2n) is 10.2. The third-order valence-corrected chi connectivity index (χ3v) is 6.59. The summed E-state index contributed by atoms with van der Waals surface area (Å²) < 4.78 is 10.6. The SMILES string of the molecule is CC(C)(C)C(C(=O)O)[C@H](NC(=O)OCC1c2ccccc2-c2ccccc21)C(=O)OC1CC(=O)NC1=O. The third-order valence-electron chi connectivity index (χ3n) is 6.59. The summed E-state index contributed by atoms with van der Waals surface area (Å²) in [5.74, 6) is -5.57. The Morgan fingerprint density at radius 2 is 1.59 bits per heavy atom. The number of hydrogen-bond donors (Lipinski definition) is 3. The molecule has 0 spiro atoms. The monoisotopic (exact) mass is 508 g/mol. The zero-order chi connectivity index (χ0) is 26.9. The van der Waals surface area contributed by atoms with E-state index in [1.807, 2.05) is 53.8 Å². The van der Waals surface area contributed by atoms with E-state index in [-0.39, 0.29) is 18.9 Å². The van der Waals surface area contributed by atoms with E-state index in [2.05, 4.69) is 5.32 Å². The Hall–Kier alpha value is -4.21. The molecule has 1 heterocycles. The van der Waals surface area contributed by atoms with Crippen molar-refractivity contribution in [1.82, 2.24) is 10.6 Å². The standard InChI is InChI=1S/C27H28N2O8/c1-27(2,3)21(24(32)33)22(25(34)37-19-12-20(30)28-23(19)31)29-26(35)36-13-18-16-10-6-4-8-14(16)15-9-5-7-11-17(15)18/h4-11,18-19,21-22H,12-13H2,1-3H3,(H,29,35)(H,32,33)(H,28,30,31)/t19?,21?,22-/m0/s1. The number of alkyl carbamates (subject to hydrolysis) is 1. The highest BCUT2D eigenvalue weighted by Crippen LogP contribution is 2.44. The van der Waals surface area contributed by atoms with Crippen LogP contribution in [0.15, 0.2) is 48.5 Å². The van der Waals surface area contributed by atoms with E-state index in [9.17, 15) is 29.1 Å². The van der Waals surface area contributed by atoms with Crippen LogP contribution in [0, 0.1) is 11.3 Å². The molecule has 10 nitrogen and oxygen atoms in total. The lowest BCUT2D eigenvalue weighted by Gasteiger charge is -2.33. The average molecular weight is 509 g/mol. The molecule has 1 aliphatic carbocycles. The Labute approximate surface area is 213 Å². The second-order valence-corrected chi connectivity index (χ2v) is 10.2. The number of ether oxygens (including phenoxy) is 2. The number of carboxylic acid groups (broad SMARTS) is 1. The van der Waals surface area contributed by atoms with Crippen LogP contribution in [-0.4, -0.2) is 53.7 Å². The van der Waals surface area contributed by atoms with Gasteiger partial charge in [-0.25, -0.2) is 9.59 Å². The van der Waals surface area contributed by atoms with Gasteiger partial charge in [0.15, 0.2) is 6.10 Å². The van der Waals surface area contributed by atoms with Crippen LogP contribution >= 0.6 is 0 Å². The molecule has 3 atom stereocenters. The van der Waals surface area contributed by atoms with Gasteiger partial charge in [0, 0.05) is 5.92 Å². The fourth-order valence-corrected chi connectivity index (χ4v) is 4.90. The molecule has 1 saturated heterocycles. The van der Waals surface area contributed by atoms with Crippen LogP contribution in [0.3, 0.4) is 0 Å². The van der Waals surface area contributed by atoms with Gasteiger partial charge in [-0.15, -0.1) is 0 Å². The van der Waals surface area contributed by atoms with Gasteiger partial charge in [-0.1, -0.05) is 69.3 Å². The molecular weight excluding hydrogens is 480 g/mol. The van der Waals surface area contributed by atoms with E-state index in [1.54, 1.807) is 20.8 Å². The van der Waals surface area contributed by atoms with Gasteiger partial charge >= 0.3 is 18.0 Å². The van der Waals surface area contributed by atoms with Gasteiger partial charge in [-0.3, -0.25) is 19.7 Å². The Morgan fingerprint density at radius 1 is 1.03 bits per heavy atom. The summed E-state index contributed by atoms with van der Waals surface area (Å²) in [5.41, 5.74) is 3.07. The Bertz CT molecular complexity index is 1220. The Kier molecular flexibility index (Phi) is 7.02. The number of carbonyl (C=O) groups excluding carboxylic acids is 4. The van der Waals surface area contributed by atoms with Crippen LogP contribution in [0.1, 0.15) is 44.2 Å². The smallest absolute Gasteiger partial charge is 0.407 e. The second kappa shape index (κ2) is 10.0. The minimum Gasteiger partial charge on any atom is -0.481 e. The van der Waals surface area contributed by atoms with E-state index < -0.39 is 53.3 Å². The highest BCUT2D eigenvalue weighted by Gasteiger charge is 2.46. The molecule has 194 valence electrons. The van der Waals surface area contributed by atoms with Crippen molar-refractivity contribution in [3.05, 3.63) is 59.7 Å². The fourth-order valence-electron chi connectivity index (χ4n) is 4.90. The number of aliphatic carboxylic acids is 1. The van der Waals surface area contributed by atoms with Crippen molar-refractivity contribution < 1.29 is 38.6 Å². The first-order valence-electron chi connectivity index (χ1n) is 11.9. The molecule has 2 aromatic rings. The number of nitrogens with one attached hydrogen (secondary N) is 2. The zero-order valence-corrected chi connectivity index (χ0v) is 20.6. The number of fused-ring (bicyclic) bond motifs is 3. The average Bonchev–Trinajstić information content (AvgIpc) is 3.31. The highest BCUT2D eigenvalue weighted by molar-refractivity contribution is 6.06.